The molecule has 0 bridgehead atoms. The first-order valence-corrected chi connectivity index (χ1v) is 3.85. The third-order valence-electron chi connectivity index (χ3n) is 1.52. The Balaban J connectivity index is 2.44. The molecule has 1 heterocycles. The van der Waals surface area contributed by atoms with Gasteiger partial charge in [-0.2, -0.15) is 0 Å². The van der Waals surface area contributed by atoms with Gasteiger partial charge in [-0.3, -0.25) is 4.79 Å². The topological polar surface area (TPSA) is 69.7 Å². The minimum absolute atomic E-state index is 0.235. The zero-order chi connectivity index (χ0) is 9.52. The summed E-state index contributed by atoms with van der Waals surface area (Å²) >= 11 is 0. The number of hydrogen-bond acceptors (Lipinski definition) is 1. The van der Waals surface area contributed by atoms with Crippen LogP contribution in [0.5, 0.6) is 0 Å². The Bertz CT molecular complexity index is 329. The molecule has 66 valence electrons. The summed E-state index contributed by atoms with van der Waals surface area (Å²) in [5, 5.41) is 2.97. The second-order valence-electron chi connectivity index (χ2n) is 2.45. The van der Waals surface area contributed by atoms with E-state index in [0.29, 0.717) is 6.54 Å². The van der Waals surface area contributed by atoms with Crippen LogP contribution in [0.15, 0.2) is 35.7 Å². The fraction of sp³-hybridized carbons (Fsp3) is 0.250. The van der Waals surface area contributed by atoms with E-state index in [9.17, 15) is 4.79 Å². The highest BCUT2D eigenvalue weighted by Gasteiger charge is 2.02. The lowest BCUT2D eigenvalue weighted by molar-refractivity contribution is -0.695. The Kier molecular flexibility index (Phi) is 3.47. The summed E-state index contributed by atoms with van der Waals surface area (Å²) in [5.74, 6) is -0.432. The van der Waals surface area contributed by atoms with E-state index in [1.54, 1.807) is 0 Å². The zero-order valence-electron chi connectivity index (χ0n) is 7.00. The third kappa shape index (κ3) is 3.35. The second-order valence-corrected chi connectivity index (χ2v) is 2.45. The van der Waals surface area contributed by atoms with Gasteiger partial charge in [-0.25, -0.2) is 4.57 Å². The molecule has 0 fully saturated rings. The molecule has 0 aliphatic rings. The van der Waals surface area contributed by atoms with Crippen LogP contribution in [0.3, 0.4) is 0 Å². The summed E-state index contributed by atoms with van der Waals surface area (Å²) in [5.41, 5.74) is 7.96. The summed E-state index contributed by atoms with van der Waals surface area (Å²) in [6.45, 7) is 0.540. The molecule has 0 unspecified atom stereocenters. The Morgan fingerprint density at radius 3 is 2.69 bits per heavy atom. The van der Waals surface area contributed by atoms with Crippen molar-refractivity contribution in [3.05, 3.63) is 41.0 Å². The number of aromatic nitrogens is 1. The van der Waals surface area contributed by atoms with Gasteiger partial charge in [0.2, 0.25) is 5.91 Å². The van der Waals surface area contributed by atoms with Crippen LogP contribution in [0.4, 0.5) is 0 Å². The van der Waals surface area contributed by atoms with Gasteiger partial charge in [0.15, 0.2) is 18.9 Å². The van der Waals surface area contributed by atoms with Crippen molar-refractivity contribution in [3.8, 4) is 0 Å². The first-order chi connectivity index (χ1) is 6.33. The molecule has 5 nitrogen and oxygen atoms in total. The van der Waals surface area contributed by atoms with Gasteiger partial charge in [-0.05, 0) is 10.6 Å². The fourth-order valence-electron chi connectivity index (χ4n) is 0.908. The maximum absolute atomic E-state index is 10.8. The fourth-order valence-corrected chi connectivity index (χ4v) is 0.908. The molecule has 1 rings (SSSR count). The normalized spacial score (nSPS) is 8.92. The van der Waals surface area contributed by atoms with E-state index < -0.39 is 5.91 Å². The molecule has 5 heteroatoms. The molecular weight excluding hydrogens is 168 g/mol. The maximum atomic E-state index is 10.8. The number of rotatable bonds is 3. The van der Waals surface area contributed by atoms with Gasteiger partial charge < -0.3 is 0 Å². The van der Waals surface area contributed by atoms with Crippen LogP contribution in [0.1, 0.15) is 6.42 Å². The lowest BCUT2D eigenvalue weighted by Crippen LogP contribution is -2.33. The van der Waals surface area contributed by atoms with Crippen molar-refractivity contribution in [3.63, 3.8) is 0 Å². The van der Waals surface area contributed by atoms with E-state index in [2.05, 4.69) is 10.0 Å². The van der Waals surface area contributed by atoms with E-state index in [4.69, 9.17) is 5.53 Å². The van der Waals surface area contributed by atoms with E-state index in [1.165, 1.54) is 0 Å². The van der Waals surface area contributed by atoms with Gasteiger partial charge in [0.25, 0.3) is 0 Å². The number of pyridine rings is 1. The summed E-state index contributed by atoms with van der Waals surface area (Å²) in [6.07, 6.45) is 3.94. The Morgan fingerprint density at radius 1 is 1.38 bits per heavy atom. The molecule has 0 spiro atoms. The highest BCUT2D eigenvalue weighted by Crippen LogP contribution is 1.86. The number of nitrogens with zero attached hydrogens (tertiary/aromatic N) is 4. The molecule has 13 heavy (non-hydrogen) atoms. The first kappa shape index (κ1) is 9.22. The molecule has 0 aliphatic carbocycles. The Hall–Kier alpha value is -1.87. The van der Waals surface area contributed by atoms with Gasteiger partial charge >= 0.3 is 0 Å². The highest BCUT2D eigenvalue weighted by atomic mass is 16.1. The molecule has 0 aromatic carbocycles. The average Bonchev–Trinajstić information content (AvgIpc) is 2.17. The molecule has 0 saturated carbocycles. The molecule has 0 atom stereocenters. The lowest BCUT2D eigenvalue weighted by Gasteiger charge is -1.91. The predicted molar refractivity (Wildman–Crippen MR) is 45.4 cm³/mol. The standard InChI is InChI=1S/C8H9N4O/c9-11-10-8(13)4-7-12-5-2-1-3-6-12/h1-3,5-6H,4,7H2/q+1. The van der Waals surface area contributed by atoms with Crippen molar-refractivity contribution in [1.82, 2.24) is 0 Å². The maximum Gasteiger partial charge on any atom is 0.225 e. The van der Waals surface area contributed by atoms with Crippen molar-refractivity contribution in [2.75, 3.05) is 0 Å². The van der Waals surface area contributed by atoms with Gasteiger partial charge in [0.05, 0.1) is 6.42 Å². The average molecular weight is 177 g/mol. The van der Waals surface area contributed by atoms with E-state index in [-0.39, 0.29) is 6.42 Å². The first-order valence-electron chi connectivity index (χ1n) is 3.85. The molecule has 0 saturated heterocycles. The van der Waals surface area contributed by atoms with Crippen LogP contribution in [0.2, 0.25) is 0 Å². The number of aryl methyl sites for hydroxylation is 1. The monoisotopic (exact) mass is 177 g/mol. The number of hydrogen-bond donors (Lipinski definition) is 0. The van der Waals surface area contributed by atoms with Crippen LogP contribution < -0.4 is 4.57 Å². The van der Waals surface area contributed by atoms with E-state index in [0.717, 1.165) is 0 Å². The zero-order valence-corrected chi connectivity index (χ0v) is 7.00. The summed E-state index contributed by atoms with van der Waals surface area (Å²) in [7, 11) is 0. The van der Waals surface area contributed by atoms with Crippen molar-refractivity contribution in [1.29, 1.82) is 0 Å². The molecule has 0 radical (unpaired) electrons. The summed E-state index contributed by atoms with van der Waals surface area (Å²) in [4.78, 5) is 13.2. The lowest BCUT2D eigenvalue weighted by atomic mass is 10.4. The van der Waals surface area contributed by atoms with Crippen LogP contribution in [0, 0.1) is 0 Å². The Labute approximate surface area is 75.3 Å². The van der Waals surface area contributed by atoms with E-state index in [1.807, 2.05) is 35.2 Å². The summed E-state index contributed by atoms with van der Waals surface area (Å²) < 4.78 is 1.85. The largest absolute Gasteiger partial charge is 0.292 e. The van der Waals surface area contributed by atoms with Crippen molar-refractivity contribution < 1.29 is 9.36 Å². The number of carbonyl (C=O) groups excluding carboxylic acids is 1. The smallest absolute Gasteiger partial charge is 0.225 e. The molecule has 1 aromatic rings. The van der Waals surface area contributed by atoms with Crippen LogP contribution in [-0.2, 0) is 11.3 Å². The molecule has 0 aliphatic heterocycles. The van der Waals surface area contributed by atoms with Gasteiger partial charge in [0.1, 0.15) is 0 Å². The Morgan fingerprint density at radius 2 is 2.08 bits per heavy atom. The van der Waals surface area contributed by atoms with Gasteiger partial charge in [-0.1, -0.05) is 6.07 Å². The van der Waals surface area contributed by atoms with Gasteiger partial charge in [0, 0.05) is 17.0 Å². The van der Waals surface area contributed by atoms with E-state index >= 15 is 0 Å². The summed E-state index contributed by atoms with van der Waals surface area (Å²) in [6, 6.07) is 5.64. The number of amides is 1. The molecule has 1 aromatic heterocycles. The number of azide groups is 1. The van der Waals surface area contributed by atoms with Crippen molar-refractivity contribution in [2.24, 2.45) is 5.11 Å². The highest BCUT2D eigenvalue weighted by molar-refractivity contribution is 5.76. The predicted octanol–water partition coefficient (Wildman–Crippen LogP) is 1.20. The molecule has 1 amide bonds. The SMILES string of the molecule is [N-]=[N+]=NC(=O)CC[n+]1ccccc1. The van der Waals surface area contributed by atoms with Crippen LogP contribution in [-0.4, -0.2) is 5.91 Å². The minimum Gasteiger partial charge on any atom is -0.292 e. The number of carbonyl (C=O) groups is 1. The third-order valence-corrected chi connectivity index (χ3v) is 1.52. The quantitative estimate of drug-likeness (QED) is 0.296. The van der Waals surface area contributed by atoms with Crippen molar-refractivity contribution >= 4 is 5.91 Å². The van der Waals surface area contributed by atoms with Crippen LogP contribution >= 0.6 is 0 Å². The second kappa shape index (κ2) is 4.90. The minimum atomic E-state index is -0.432. The van der Waals surface area contributed by atoms with Gasteiger partial charge in [-0.15, -0.1) is 0 Å². The molecule has 0 N–H and O–H groups in total. The van der Waals surface area contributed by atoms with Crippen LogP contribution in [0.25, 0.3) is 10.4 Å². The molecular formula is C8H9N4O+. The van der Waals surface area contributed by atoms with Crippen molar-refractivity contribution in [2.45, 2.75) is 13.0 Å².